The second kappa shape index (κ2) is 8.16. The van der Waals surface area contributed by atoms with E-state index in [9.17, 15) is 17.4 Å². The van der Waals surface area contributed by atoms with E-state index in [0.29, 0.717) is 11.9 Å². The van der Waals surface area contributed by atoms with Crippen LogP contribution in [0.4, 0.5) is 13.2 Å². The number of hydrogen-bond donors (Lipinski definition) is 1. The van der Waals surface area contributed by atoms with Gasteiger partial charge in [0.05, 0.1) is 0 Å². The Labute approximate surface area is 167 Å². The Bertz CT molecular complexity index is 851. The quantitative estimate of drug-likeness (QED) is 0.694. The number of fused-ring (bicyclic) bond motifs is 1. The predicted molar refractivity (Wildman–Crippen MR) is 109 cm³/mol. The molecule has 0 saturated heterocycles. The lowest BCUT2D eigenvalue weighted by atomic mass is 9.96. The number of alkyl halides is 3. The van der Waals surface area contributed by atoms with Crippen molar-refractivity contribution in [2.45, 2.75) is 59.3 Å². The highest BCUT2D eigenvalue weighted by Gasteiger charge is 2.43. The third kappa shape index (κ3) is 5.36. The molecular weight excluding hydrogens is 387 g/mol. The van der Waals surface area contributed by atoms with Gasteiger partial charge in [-0.25, -0.2) is 13.2 Å². The van der Waals surface area contributed by atoms with Crippen LogP contribution in [0.3, 0.4) is 0 Å². The van der Waals surface area contributed by atoms with Crippen molar-refractivity contribution in [1.82, 2.24) is 13.6 Å². The van der Waals surface area contributed by atoms with E-state index in [1.54, 1.807) is 12.3 Å². The first-order chi connectivity index (χ1) is 12.7. The third-order valence-electron chi connectivity index (χ3n) is 4.44. The summed E-state index contributed by atoms with van der Waals surface area (Å²) >= 11 is -1.96. The maximum Gasteiger partial charge on any atom is 0.408 e. The number of nitrogens with zero attached hydrogens (tertiary/aromatic N) is 2. The monoisotopic (exact) mass is 417 g/mol. The van der Waals surface area contributed by atoms with Gasteiger partial charge in [-0.05, 0) is 23.0 Å². The van der Waals surface area contributed by atoms with Gasteiger partial charge >= 0.3 is 6.18 Å². The molecule has 1 N–H and O–H groups in total. The van der Waals surface area contributed by atoms with Crippen molar-refractivity contribution < 1.29 is 17.4 Å². The maximum absolute atomic E-state index is 13.9. The van der Waals surface area contributed by atoms with Crippen molar-refractivity contribution in [3.8, 4) is 0 Å². The molecular formula is C20H30F3N3OS. The van der Waals surface area contributed by atoms with E-state index in [0.717, 1.165) is 11.1 Å². The van der Waals surface area contributed by atoms with Crippen molar-refractivity contribution in [1.29, 1.82) is 0 Å². The van der Waals surface area contributed by atoms with Gasteiger partial charge in [0.25, 0.3) is 0 Å². The zero-order chi connectivity index (χ0) is 21.4. The Morgan fingerprint density at radius 2 is 1.79 bits per heavy atom. The van der Waals surface area contributed by atoms with Crippen LogP contribution in [0.2, 0.25) is 0 Å². The Morgan fingerprint density at radius 3 is 2.25 bits per heavy atom. The fraction of sp³-hybridized carbons (Fsp3) is 0.600. The van der Waals surface area contributed by atoms with Gasteiger partial charge in [0, 0.05) is 43.3 Å². The van der Waals surface area contributed by atoms with Crippen LogP contribution in [-0.2, 0) is 17.7 Å². The molecule has 0 spiro atoms. The van der Waals surface area contributed by atoms with E-state index < -0.39 is 23.4 Å². The van der Waals surface area contributed by atoms with Gasteiger partial charge in [-0.1, -0.05) is 46.8 Å². The first-order valence-corrected chi connectivity index (χ1v) is 10.4. The summed E-state index contributed by atoms with van der Waals surface area (Å²) in [6.45, 7) is 10.8. The van der Waals surface area contributed by atoms with E-state index >= 15 is 0 Å². The van der Waals surface area contributed by atoms with E-state index in [1.165, 1.54) is 18.4 Å². The third-order valence-corrected chi connectivity index (χ3v) is 5.54. The standard InChI is InChI=1S/C20H30F3N3OS/c1-13(2)14-8-9-15-16(11-26(17(15)10-14)12-19(3,4)5)18(20(21,22)23)24-28(27)25(6)7/h8-11,13,18,24H,12H2,1-7H3/t18-,28?/m0/s1. The van der Waals surface area contributed by atoms with Gasteiger partial charge in [-0.15, -0.1) is 0 Å². The zero-order valence-corrected chi connectivity index (χ0v) is 18.3. The fourth-order valence-electron chi connectivity index (χ4n) is 3.08. The highest BCUT2D eigenvalue weighted by Crippen LogP contribution is 2.39. The number of benzene rings is 1. The minimum absolute atomic E-state index is 0.0947. The summed E-state index contributed by atoms with van der Waals surface area (Å²) < 4.78 is 59.1. The van der Waals surface area contributed by atoms with Crippen LogP contribution in [0.1, 0.15) is 57.7 Å². The summed E-state index contributed by atoms with van der Waals surface area (Å²) in [4.78, 5) is 0. The average molecular weight is 418 g/mol. The van der Waals surface area contributed by atoms with E-state index in [4.69, 9.17) is 0 Å². The lowest BCUT2D eigenvalue weighted by molar-refractivity contribution is -0.152. The summed E-state index contributed by atoms with van der Waals surface area (Å²) in [5, 5.41) is 0.527. The van der Waals surface area contributed by atoms with E-state index in [1.807, 2.05) is 37.5 Å². The van der Waals surface area contributed by atoms with Gasteiger partial charge in [-0.3, -0.25) is 0 Å². The van der Waals surface area contributed by atoms with Crippen LogP contribution in [-0.4, -0.2) is 33.4 Å². The molecule has 1 unspecified atom stereocenters. The number of nitrogens with one attached hydrogen (secondary N) is 1. The van der Waals surface area contributed by atoms with Crippen LogP contribution in [0.15, 0.2) is 24.4 Å². The van der Waals surface area contributed by atoms with E-state index in [-0.39, 0.29) is 16.9 Å². The minimum atomic E-state index is -4.58. The molecule has 2 atom stereocenters. The van der Waals surface area contributed by atoms with Crippen LogP contribution in [0, 0.1) is 5.41 Å². The average Bonchev–Trinajstić information content (AvgIpc) is 2.86. The van der Waals surface area contributed by atoms with Gasteiger partial charge < -0.3 is 4.57 Å². The largest absolute Gasteiger partial charge is 0.408 e. The van der Waals surface area contributed by atoms with Crippen LogP contribution in [0.25, 0.3) is 10.9 Å². The van der Waals surface area contributed by atoms with Crippen molar-refractivity contribution in [2.75, 3.05) is 14.1 Å². The summed E-state index contributed by atoms with van der Waals surface area (Å²) in [6.07, 6.45) is -3.03. The molecule has 2 aromatic rings. The molecule has 1 heterocycles. The highest BCUT2D eigenvalue weighted by atomic mass is 32.2. The Morgan fingerprint density at radius 1 is 1.18 bits per heavy atom. The molecule has 0 aliphatic carbocycles. The molecule has 4 nitrogen and oxygen atoms in total. The predicted octanol–water partition coefficient (Wildman–Crippen LogP) is 5.14. The number of aromatic nitrogens is 1. The molecule has 0 bridgehead atoms. The summed E-state index contributed by atoms with van der Waals surface area (Å²) in [6, 6.07) is 3.56. The van der Waals surface area contributed by atoms with Crippen molar-refractivity contribution in [3.63, 3.8) is 0 Å². The van der Waals surface area contributed by atoms with Crippen LogP contribution >= 0.6 is 0 Å². The van der Waals surface area contributed by atoms with Gasteiger partial charge in [0.15, 0.2) is 11.2 Å². The molecule has 0 amide bonds. The maximum atomic E-state index is 13.9. The summed E-state index contributed by atoms with van der Waals surface area (Å²) in [5.41, 5.74) is 1.82. The molecule has 158 valence electrons. The highest BCUT2D eigenvalue weighted by molar-refractivity contribution is 7.80. The van der Waals surface area contributed by atoms with Gasteiger partial charge in [-0.2, -0.15) is 13.2 Å². The fourth-order valence-corrected chi connectivity index (χ4v) is 3.75. The first-order valence-electron chi connectivity index (χ1n) is 9.25. The topological polar surface area (TPSA) is 37.3 Å². The van der Waals surface area contributed by atoms with Crippen molar-refractivity contribution in [3.05, 3.63) is 35.5 Å². The molecule has 0 saturated carbocycles. The normalized spacial score (nSPS) is 15.6. The molecule has 0 radical (unpaired) electrons. The van der Waals surface area contributed by atoms with Crippen molar-refractivity contribution >= 4 is 22.1 Å². The molecule has 8 heteroatoms. The summed E-state index contributed by atoms with van der Waals surface area (Å²) in [5.74, 6) is 0.267. The molecule has 28 heavy (non-hydrogen) atoms. The second-order valence-corrected chi connectivity index (χ2v) is 10.3. The van der Waals surface area contributed by atoms with Crippen LogP contribution in [0.5, 0.6) is 0 Å². The Balaban J connectivity index is 2.68. The summed E-state index contributed by atoms with van der Waals surface area (Å²) in [7, 11) is 2.93. The lowest BCUT2D eigenvalue weighted by Crippen LogP contribution is -2.39. The molecule has 1 aromatic heterocycles. The smallest absolute Gasteiger partial charge is 0.347 e. The zero-order valence-electron chi connectivity index (χ0n) is 17.5. The molecule has 0 aliphatic rings. The number of halogens is 3. The molecule has 2 rings (SSSR count). The van der Waals surface area contributed by atoms with Crippen molar-refractivity contribution in [2.24, 2.45) is 5.41 Å². The van der Waals surface area contributed by atoms with Crippen LogP contribution < -0.4 is 4.72 Å². The Kier molecular flexibility index (Phi) is 6.68. The van der Waals surface area contributed by atoms with E-state index in [2.05, 4.69) is 18.6 Å². The van der Waals surface area contributed by atoms with Gasteiger partial charge in [0.1, 0.15) is 6.04 Å². The molecule has 0 aliphatic heterocycles. The first kappa shape index (κ1) is 22.9. The number of rotatable bonds is 6. The Hall–Kier alpha value is -1.38. The molecule has 0 fully saturated rings. The lowest BCUT2D eigenvalue weighted by Gasteiger charge is -2.23. The second-order valence-electron chi connectivity index (χ2n) is 8.86. The number of hydrogen-bond acceptors (Lipinski definition) is 1. The molecule has 1 aromatic carbocycles. The minimum Gasteiger partial charge on any atom is -0.347 e. The SMILES string of the molecule is CC(C)c1ccc2c([C@H](NS(=O)N(C)C)C(F)(F)F)cn(CC(C)(C)C)c2c1. The van der Waals surface area contributed by atoms with Gasteiger partial charge in [0.2, 0.25) is 0 Å².